The van der Waals surface area contributed by atoms with E-state index in [9.17, 15) is 4.79 Å². The topological polar surface area (TPSA) is 42.1 Å². The summed E-state index contributed by atoms with van der Waals surface area (Å²) in [6, 6.07) is 11.8. The van der Waals surface area contributed by atoms with Gasteiger partial charge in [-0.3, -0.25) is 0 Å². The molecular formula is C24H26ClNO2. The first-order valence-electron chi connectivity index (χ1n) is 9.60. The quantitative estimate of drug-likeness (QED) is 0.451. The van der Waals surface area contributed by atoms with Gasteiger partial charge in [-0.05, 0) is 66.3 Å². The van der Waals surface area contributed by atoms with E-state index < -0.39 is 0 Å². The summed E-state index contributed by atoms with van der Waals surface area (Å²) in [5, 5.41) is 1.76. The minimum Gasteiger partial charge on any atom is -0.465 e. The van der Waals surface area contributed by atoms with Gasteiger partial charge in [0.25, 0.3) is 0 Å². The average Bonchev–Trinajstić information content (AvgIpc) is 3.01. The summed E-state index contributed by atoms with van der Waals surface area (Å²) in [5.41, 5.74) is 7.04. The zero-order chi connectivity index (χ0) is 20.3. The number of H-pyrrole nitrogens is 1. The molecule has 0 aliphatic rings. The number of aromatic amines is 1. The first kappa shape index (κ1) is 20.2. The Hall–Kier alpha value is -2.52. The number of allylic oxidation sites excluding steroid dienone is 1. The van der Waals surface area contributed by atoms with Crippen molar-refractivity contribution in [3.8, 4) is 0 Å². The number of nitrogens with one attached hydrogen (secondary N) is 1. The van der Waals surface area contributed by atoms with Crippen LogP contribution in [0.2, 0.25) is 5.02 Å². The van der Waals surface area contributed by atoms with E-state index in [0.717, 1.165) is 63.1 Å². The minimum atomic E-state index is -0.334. The summed E-state index contributed by atoms with van der Waals surface area (Å²) in [4.78, 5) is 15.3. The first-order valence-corrected chi connectivity index (χ1v) is 9.98. The number of aromatic nitrogens is 1. The third kappa shape index (κ3) is 4.15. The van der Waals surface area contributed by atoms with Gasteiger partial charge < -0.3 is 9.72 Å². The van der Waals surface area contributed by atoms with Gasteiger partial charge in [-0.25, -0.2) is 4.79 Å². The second kappa shape index (κ2) is 8.66. The lowest BCUT2D eigenvalue weighted by molar-refractivity contribution is 0.0601. The fourth-order valence-electron chi connectivity index (χ4n) is 3.49. The lowest BCUT2D eigenvalue weighted by atomic mass is 9.97. The summed E-state index contributed by atoms with van der Waals surface area (Å²) in [6.07, 6.45) is 3.97. The number of benzene rings is 2. The van der Waals surface area contributed by atoms with E-state index in [0.29, 0.717) is 12.0 Å². The second-order valence-corrected chi connectivity index (χ2v) is 7.58. The number of hydrogen-bond donors (Lipinski definition) is 1. The van der Waals surface area contributed by atoms with E-state index in [1.807, 2.05) is 25.1 Å². The lowest BCUT2D eigenvalue weighted by Gasteiger charge is -2.10. The normalized spacial score (nSPS) is 11.0. The molecule has 4 heteroatoms. The molecule has 0 amide bonds. The zero-order valence-corrected chi connectivity index (χ0v) is 17.5. The molecule has 146 valence electrons. The van der Waals surface area contributed by atoms with Crippen molar-refractivity contribution < 1.29 is 9.53 Å². The van der Waals surface area contributed by atoms with Crippen LogP contribution in [0, 0.1) is 6.92 Å². The predicted octanol–water partition coefficient (Wildman–Crippen LogP) is 6.71. The Morgan fingerprint density at radius 1 is 1.18 bits per heavy atom. The lowest BCUT2D eigenvalue weighted by Crippen LogP contribution is -2.00. The Labute approximate surface area is 171 Å². The van der Waals surface area contributed by atoms with E-state index in [4.69, 9.17) is 16.3 Å². The van der Waals surface area contributed by atoms with Gasteiger partial charge in [0.1, 0.15) is 0 Å². The number of rotatable bonds is 7. The van der Waals surface area contributed by atoms with Gasteiger partial charge in [0, 0.05) is 28.0 Å². The highest BCUT2D eigenvalue weighted by molar-refractivity contribution is 6.31. The maximum absolute atomic E-state index is 11.9. The molecule has 0 unspecified atom stereocenters. The summed E-state index contributed by atoms with van der Waals surface area (Å²) in [5.74, 6) is -0.334. The largest absolute Gasteiger partial charge is 0.465 e. The molecule has 0 radical (unpaired) electrons. The number of halogens is 1. The van der Waals surface area contributed by atoms with E-state index in [-0.39, 0.29) is 5.97 Å². The Bertz CT molecular complexity index is 1030. The standard InChI is InChI=1S/C24H26ClNO2/c1-5-6-7-15(2)17-8-9-18(22(25)14-17)12-20-16(3)26-23-11-10-19(13-21(20)23)24(27)28-4/h8-11,13-14,26H,2,5-7,12H2,1,3-4H3. The number of esters is 1. The van der Waals surface area contributed by atoms with Crippen LogP contribution in [0.15, 0.2) is 43.0 Å². The van der Waals surface area contributed by atoms with Crippen molar-refractivity contribution in [2.75, 3.05) is 7.11 Å². The van der Waals surface area contributed by atoms with E-state index >= 15 is 0 Å². The Balaban J connectivity index is 1.93. The number of aryl methyl sites for hydroxylation is 1. The number of ether oxygens (including phenoxy) is 1. The second-order valence-electron chi connectivity index (χ2n) is 7.17. The van der Waals surface area contributed by atoms with Crippen molar-refractivity contribution in [1.29, 1.82) is 0 Å². The number of unbranched alkanes of at least 4 members (excludes halogenated alkanes) is 1. The molecule has 0 spiro atoms. The number of fused-ring (bicyclic) bond motifs is 1. The highest BCUT2D eigenvalue weighted by atomic mass is 35.5. The fourth-order valence-corrected chi connectivity index (χ4v) is 3.74. The van der Waals surface area contributed by atoms with E-state index in [1.165, 1.54) is 7.11 Å². The average molecular weight is 396 g/mol. The molecule has 3 nitrogen and oxygen atoms in total. The van der Waals surface area contributed by atoms with Crippen molar-refractivity contribution in [3.63, 3.8) is 0 Å². The third-order valence-electron chi connectivity index (χ3n) is 5.20. The smallest absolute Gasteiger partial charge is 0.337 e. The van der Waals surface area contributed by atoms with Gasteiger partial charge in [0.15, 0.2) is 0 Å². The Kier molecular flexibility index (Phi) is 6.25. The maximum Gasteiger partial charge on any atom is 0.337 e. The SMILES string of the molecule is C=C(CCCC)c1ccc(Cc2c(C)[nH]c3ccc(C(=O)OC)cc23)c(Cl)c1. The van der Waals surface area contributed by atoms with Gasteiger partial charge in [0.05, 0.1) is 12.7 Å². The van der Waals surface area contributed by atoms with Crippen molar-refractivity contribution >= 4 is 34.0 Å². The van der Waals surface area contributed by atoms with E-state index in [2.05, 4.69) is 30.6 Å². The van der Waals surface area contributed by atoms with Crippen LogP contribution in [0.4, 0.5) is 0 Å². The zero-order valence-electron chi connectivity index (χ0n) is 16.7. The molecule has 2 aromatic carbocycles. The Morgan fingerprint density at radius 3 is 2.61 bits per heavy atom. The summed E-state index contributed by atoms with van der Waals surface area (Å²) >= 11 is 6.61. The predicted molar refractivity (Wildman–Crippen MR) is 117 cm³/mol. The number of methoxy groups -OCH3 is 1. The van der Waals surface area contributed by atoms with Crippen LogP contribution in [0.1, 0.15) is 58.9 Å². The van der Waals surface area contributed by atoms with Crippen LogP contribution in [-0.4, -0.2) is 18.1 Å². The third-order valence-corrected chi connectivity index (χ3v) is 5.55. The van der Waals surface area contributed by atoms with Crippen molar-refractivity contribution in [2.45, 2.75) is 39.5 Å². The summed E-state index contributed by atoms with van der Waals surface area (Å²) < 4.78 is 4.85. The molecule has 0 saturated heterocycles. The van der Waals surface area contributed by atoms with Crippen LogP contribution >= 0.6 is 11.6 Å². The van der Waals surface area contributed by atoms with Crippen LogP contribution in [-0.2, 0) is 11.2 Å². The van der Waals surface area contributed by atoms with Gasteiger partial charge >= 0.3 is 5.97 Å². The molecule has 0 atom stereocenters. The van der Waals surface area contributed by atoms with Crippen molar-refractivity contribution in [2.24, 2.45) is 0 Å². The molecule has 0 aliphatic heterocycles. The highest BCUT2D eigenvalue weighted by Gasteiger charge is 2.14. The summed E-state index contributed by atoms with van der Waals surface area (Å²) in [6.45, 7) is 8.41. The minimum absolute atomic E-state index is 0.334. The molecule has 0 saturated carbocycles. The molecule has 3 rings (SSSR count). The van der Waals surface area contributed by atoms with Gasteiger partial charge in [-0.2, -0.15) is 0 Å². The van der Waals surface area contributed by atoms with Crippen LogP contribution in [0.3, 0.4) is 0 Å². The number of carbonyl (C=O) groups excluding carboxylic acids is 1. The van der Waals surface area contributed by atoms with Gasteiger partial charge in [0.2, 0.25) is 0 Å². The molecule has 0 aliphatic carbocycles. The molecule has 0 fully saturated rings. The molecule has 1 aromatic heterocycles. The monoisotopic (exact) mass is 395 g/mol. The van der Waals surface area contributed by atoms with E-state index in [1.54, 1.807) is 6.07 Å². The van der Waals surface area contributed by atoms with Gasteiger partial charge in [-0.15, -0.1) is 0 Å². The van der Waals surface area contributed by atoms with Gasteiger partial charge in [-0.1, -0.05) is 43.7 Å². The van der Waals surface area contributed by atoms with Crippen molar-refractivity contribution in [3.05, 3.63) is 75.9 Å². The molecule has 1 heterocycles. The molecule has 1 N–H and O–H groups in total. The molecule has 28 heavy (non-hydrogen) atoms. The van der Waals surface area contributed by atoms with Crippen LogP contribution in [0.25, 0.3) is 16.5 Å². The number of hydrogen-bond acceptors (Lipinski definition) is 2. The van der Waals surface area contributed by atoms with Crippen LogP contribution in [0.5, 0.6) is 0 Å². The number of carbonyl (C=O) groups is 1. The van der Waals surface area contributed by atoms with Crippen molar-refractivity contribution in [1.82, 2.24) is 4.98 Å². The summed E-state index contributed by atoms with van der Waals surface area (Å²) in [7, 11) is 1.39. The highest BCUT2D eigenvalue weighted by Crippen LogP contribution is 2.30. The Morgan fingerprint density at radius 2 is 1.93 bits per heavy atom. The molecule has 0 bridgehead atoms. The van der Waals surface area contributed by atoms with Crippen LogP contribution < -0.4 is 0 Å². The fraction of sp³-hybridized carbons (Fsp3) is 0.292. The molecule has 3 aromatic rings. The maximum atomic E-state index is 11.9. The molecular weight excluding hydrogens is 370 g/mol. The first-order chi connectivity index (χ1) is 13.4.